The van der Waals surface area contributed by atoms with E-state index in [4.69, 9.17) is 9.72 Å². The number of aromatic nitrogens is 8. The summed E-state index contributed by atoms with van der Waals surface area (Å²) in [7, 11) is 6.59. The van der Waals surface area contributed by atoms with Crippen LogP contribution in [0.1, 0.15) is 30.0 Å². The molecule has 0 spiro atoms. The van der Waals surface area contributed by atoms with Crippen molar-refractivity contribution in [1.29, 1.82) is 0 Å². The molecule has 10 nitrogen and oxygen atoms in total. The predicted molar refractivity (Wildman–Crippen MR) is 155 cm³/mol. The standard InChI is InChI=1S/C30H28F4N8O2/c1-38-15-35-13-25(38)28-36-22-11-19(20-14-39(2)37-27(20)30(32,33)34)21(31)12-23(22)42(28)17-9-18(16-5-7-44-8-6-16)26-24(10-17)40(3)29(43)41(26)4/h9-16H,5-8H2,1-4H3. The molecule has 6 aromatic rings. The van der Waals surface area contributed by atoms with Gasteiger partial charge in [0, 0.05) is 64.8 Å². The van der Waals surface area contributed by atoms with Gasteiger partial charge in [0.25, 0.3) is 0 Å². The number of hydrogen-bond acceptors (Lipinski definition) is 5. The fourth-order valence-electron chi connectivity index (χ4n) is 6.32. The van der Waals surface area contributed by atoms with Crippen LogP contribution in [-0.2, 0) is 39.1 Å². The molecular formula is C30H28F4N8O2. The maximum Gasteiger partial charge on any atom is 0.435 e. The highest BCUT2D eigenvalue weighted by molar-refractivity contribution is 5.90. The minimum atomic E-state index is -4.78. The van der Waals surface area contributed by atoms with Crippen LogP contribution >= 0.6 is 0 Å². The Kier molecular flexibility index (Phi) is 6.32. The van der Waals surface area contributed by atoms with E-state index in [0.717, 1.165) is 34.8 Å². The largest absolute Gasteiger partial charge is 0.435 e. The van der Waals surface area contributed by atoms with Crippen LogP contribution in [0.15, 0.2) is 47.8 Å². The van der Waals surface area contributed by atoms with E-state index in [1.807, 2.05) is 12.1 Å². The number of fused-ring (bicyclic) bond motifs is 2. The van der Waals surface area contributed by atoms with Crippen molar-refractivity contribution in [2.45, 2.75) is 24.9 Å². The van der Waals surface area contributed by atoms with Crippen LogP contribution in [0.2, 0.25) is 0 Å². The van der Waals surface area contributed by atoms with Gasteiger partial charge in [-0.3, -0.25) is 18.4 Å². The van der Waals surface area contributed by atoms with E-state index in [-0.39, 0.29) is 28.3 Å². The van der Waals surface area contributed by atoms with Gasteiger partial charge in [-0.1, -0.05) is 0 Å². The molecule has 2 aromatic carbocycles. The van der Waals surface area contributed by atoms with Crippen molar-refractivity contribution >= 4 is 22.1 Å². The summed E-state index contributed by atoms with van der Waals surface area (Å²) in [4.78, 5) is 22.1. The van der Waals surface area contributed by atoms with Gasteiger partial charge in [-0.05, 0) is 42.5 Å². The lowest BCUT2D eigenvalue weighted by Gasteiger charge is -2.24. The van der Waals surface area contributed by atoms with Crippen molar-refractivity contribution in [3.63, 3.8) is 0 Å². The van der Waals surface area contributed by atoms with E-state index in [9.17, 15) is 18.0 Å². The molecule has 1 aliphatic heterocycles. The van der Waals surface area contributed by atoms with Crippen LogP contribution in [-0.4, -0.2) is 51.2 Å². The van der Waals surface area contributed by atoms with E-state index in [2.05, 4.69) is 10.1 Å². The second kappa shape index (κ2) is 9.91. The lowest BCUT2D eigenvalue weighted by atomic mass is 9.90. The van der Waals surface area contributed by atoms with Crippen molar-refractivity contribution in [1.82, 2.24) is 38.0 Å². The Hall–Kier alpha value is -4.72. The van der Waals surface area contributed by atoms with E-state index in [0.29, 0.717) is 41.5 Å². The summed E-state index contributed by atoms with van der Waals surface area (Å²) in [6.07, 6.45) is 1.13. The number of benzene rings is 2. The van der Waals surface area contributed by atoms with Crippen LogP contribution in [0.5, 0.6) is 0 Å². The Morgan fingerprint density at radius 3 is 2.39 bits per heavy atom. The van der Waals surface area contributed by atoms with Gasteiger partial charge in [0.2, 0.25) is 0 Å². The molecule has 7 rings (SSSR count). The molecule has 4 aromatic heterocycles. The zero-order valence-corrected chi connectivity index (χ0v) is 24.4. The Bertz CT molecular complexity index is 2140. The summed E-state index contributed by atoms with van der Waals surface area (Å²) >= 11 is 0. The molecule has 0 unspecified atom stereocenters. The fraction of sp³-hybridized carbons (Fsp3) is 0.333. The number of hydrogen-bond donors (Lipinski definition) is 0. The summed E-state index contributed by atoms with van der Waals surface area (Å²) < 4.78 is 70.8. The Labute approximate surface area is 247 Å². The molecule has 1 fully saturated rings. The molecule has 0 atom stereocenters. The third-order valence-corrected chi connectivity index (χ3v) is 8.47. The molecular weight excluding hydrogens is 580 g/mol. The summed E-state index contributed by atoms with van der Waals surface area (Å²) in [6.45, 7) is 1.18. The van der Waals surface area contributed by atoms with Crippen molar-refractivity contribution in [2.75, 3.05) is 13.2 Å². The molecule has 5 heterocycles. The zero-order chi connectivity index (χ0) is 31.1. The molecule has 0 amide bonds. The normalized spacial score (nSPS) is 14.8. The molecule has 14 heteroatoms. The third-order valence-electron chi connectivity index (χ3n) is 8.47. The molecule has 0 saturated carbocycles. The van der Waals surface area contributed by atoms with E-state index < -0.39 is 17.7 Å². The fourth-order valence-corrected chi connectivity index (χ4v) is 6.32. The van der Waals surface area contributed by atoms with Gasteiger partial charge in [0.15, 0.2) is 11.5 Å². The lowest BCUT2D eigenvalue weighted by molar-refractivity contribution is -0.141. The summed E-state index contributed by atoms with van der Waals surface area (Å²) in [5.41, 5.74) is 2.32. The highest BCUT2D eigenvalue weighted by Crippen LogP contribution is 2.40. The number of nitrogens with zero attached hydrogens (tertiary/aromatic N) is 8. The highest BCUT2D eigenvalue weighted by atomic mass is 19.4. The number of rotatable bonds is 4. The first kappa shape index (κ1) is 28.1. The Balaban J connectivity index is 1.54. The first-order valence-corrected chi connectivity index (χ1v) is 14.0. The molecule has 1 saturated heterocycles. The van der Waals surface area contributed by atoms with Crippen molar-refractivity contribution in [3.8, 4) is 28.3 Å². The average Bonchev–Trinajstić information content (AvgIpc) is 3.74. The maximum atomic E-state index is 15.9. The van der Waals surface area contributed by atoms with E-state index >= 15 is 4.39 Å². The first-order chi connectivity index (χ1) is 20.9. The van der Waals surface area contributed by atoms with E-state index in [1.54, 1.807) is 51.9 Å². The molecule has 0 aliphatic carbocycles. The van der Waals surface area contributed by atoms with Gasteiger partial charge in [0.1, 0.15) is 11.5 Å². The van der Waals surface area contributed by atoms with E-state index in [1.165, 1.54) is 19.2 Å². The summed E-state index contributed by atoms with van der Waals surface area (Å²) in [6, 6.07) is 6.37. The third kappa shape index (κ3) is 4.26. The molecule has 1 aliphatic rings. The molecule has 228 valence electrons. The lowest BCUT2D eigenvalue weighted by Crippen LogP contribution is -2.20. The van der Waals surface area contributed by atoms with Crippen LogP contribution < -0.4 is 5.69 Å². The van der Waals surface area contributed by atoms with Gasteiger partial charge >= 0.3 is 11.9 Å². The average molecular weight is 609 g/mol. The number of aryl methyl sites for hydroxylation is 4. The highest BCUT2D eigenvalue weighted by Gasteiger charge is 2.38. The van der Waals surface area contributed by atoms with Crippen LogP contribution in [0, 0.1) is 5.82 Å². The minimum absolute atomic E-state index is 0.115. The summed E-state index contributed by atoms with van der Waals surface area (Å²) in [5, 5.41) is 3.55. The molecule has 44 heavy (non-hydrogen) atoms. The first-order valence-electron chi connectivity index (χ1n) is 14.0. The number of halogens is 4. The van der Waals surface area contributed by atoms with Crippen LogP contribution in [0.3, 0.4) is 0 Å². The minimum Gasteiger partial charge on any atom is -0.381 e. The van der Waals surface area contributed by atoms with Crippen molar-refractivity contribution in [3.05, 3.63) is 70.5 Å². The molecule has 0 bridgehead atoms. The topological polar surface area (TPSA) is 89.6 Å². The van der Waals surface area contributed by atoms with Crippen molar-refractivity contribution in [2.24, 2.45) is 28.2 Å². The maximum absolute atomic E-state index is 15.9. The monoisotopic (exact) mass is 608 g/mol. The molecule has 0 radical (unpaired) electrons. The zero-order valence-electron chi connectivity index (χ0n) is 24.4. The van der Waals surface area contributed by atoms with Gasteiger partial charge in [-0.15, -0.1) is 0 Å². The quantitative estimate of drug-likeness (QED) is 0.261. The van der Waals surface area contributed by atoms with Crippen molar-refractivity contribution < 1.29 is 22.3 Å². The summed E-state index contributed by atoms with van der Waals surface area (Å²) in [5.74, 6) is -0.326. The Morgan fingerprint density at radius 2 is 1.70 bits per heavy atom. The molecule has 0 N–H and O–H groups in total. The Morgan fingerprint density at radius 1 is 0.955 bits per heavy atom. The SMILES string of the molecule is Cn1cc(-c2cc3nc(-c4cncn4C)n(-c4cc(C5CCOCC5)c5c(c4)n(C)c(=O)n5C)c3cc2F)c(C(F)(F)F)n1. The van der Waals surface area contributed by atoms with Gasteiger partial charge in [-0.25, -0.2) is 19.2 Å². The second-order valence-electron chi connectivity index (χ2n) is 11.2. The van der Waals surface area contributed by atoms with Crippen LogP contribution in [0.25, 0.3) is 50.4 Å². The number of ether oxygens (including phenoxy) is 1. The predicted octanol–water partition coefficient (Wildman–Crippen LogP) is 5.07. The number of imidazole rings is 3. The van der Waals surface area contributed by atoms with Crippen LogP contribution in [0.4, 0.5) is 17.6 Å². The number of alkyl halides is 3. The van der Waals surface area contributed by atoms with Gasteiger partial charge in [-0.2, -0.15) is 18.3 Å². The van der Waals surface area contributed by atoms with Gasteiger partial charge in [0.05, 0.1) is 40.3 Å². The van der Waals surface area contributed by atoms with Gasteiger partial charge < -0.3 is 9.30 Å². The smallest absolute Gasteiger partial charge is 0.381 e. The second-order valence-corrected chi connectivity index (χ2v) is 11.2.